The second-order valence-corrected chi connectivity index (χ2v) is 7.48. The summed E-state index contributed by atoms with van der Waals surface area (Å²) in [6.07, 6.45) is 4.32. The van der Waals surface area contributed by atoms with Crippen molar-refractivity contribution in [2.75, 3.05) is 20.3 Å². The summed E-state index contributed by atoms with van der Waals surface area (Å²) >= 11 is 0. The number of methoxy groups -OCH3 is 1. The number of hydrogen-bond acceptors (Lipinski definition) is 4. The number of hydrogen-bond donors (Lipinski definition) is 0. The van der Waals surface area contributed by atoms with E-state index in [9.17, 15) is 4.57 Å². The fourth-order valence-electron chi connectivity index (χ4n) is 2.47. The Balaban J connectivity index is 2.09. The first-order valence-corrected chi connectivity index (χ1v) is 10.1. The van der Waals surface area contributed by atoms with E-state index in [1.165, 1.54) is 0 Å². The van der Waals surface area contributed by atoms with Crippen LogP contribution in [0.3, 0.4) is 0 Å². The van der Waals surface area contributed by atoms with Crippen LogP contribution >= 0.6 is 7.60 Å². The SMILES string of the molecule is CCOP(=O)(Cc1ccc(/C=C/c2ccccc2OC)cc1)OCC. The highest BCUT2D eigenvalue weighted by Gasteiger charge is 2.23. The molecule has 0 saturated carbocycles. The van der Waals surface area contributed by atoms with Crippen LogP contribution in [0, 0.1) is 0 Å². The van der Waals surface area contributed by atoms with Crippen LogP contribution < -0.4 is 4.74 Å². The molecular formula is C20H25O4P. The first-order valence-electron chi connectivity index (χ1n) is 8.38. The van der Waals surface area contributed by atoms with Gasteiger partial charge in [0.25, 0.3) is 0 Å². The number of rotatable bonds is 9. The Morgan fingerprint density at radius 1 is 0.920 bits per heavy atom. The molecule has 2 aromatic carbocycles. The molecule has 0 N–H and O–H groups in total. The zero-order valence-electron chi connectivity index (χ0n) is 15.0. The van der Waals surface area contributed by atoms with Gasteiger partial charge in [-0.15, -0.1) is 0 Å². The molecule has 2 rings (SSSR count). The molecule has 0 amide bonds. The fourth-order valence-corrected chi connectivity index (χ4v) is 4.17. The average Bonchev–Trinajstić information content (AvgIpc) is 2.61. The quantitative estimate of drug-likeness (QED) is 0.429. The van der Waals surface area contributed by atoms with E-state index in [4.69, 9.17) is 13.8 Å². The molecule has 25 heavy (non-hydrogen) atoms. The van der Waals surface area contributed by atoms with Crippen molar-refractivity contribution >= 4 is 19.7 Å². The highest BCUT2D eigenvalue weighted by atomic mass is 31.2. The second-order valence-electron chi connectivity index (χ2n) is 5.42. The monoisotopic (exact) mass is 360 g/mol. The van der Waals surface area contributed by atoms with Crippen LogP contribution in [-0.4, -0.2) is 20.3 Å². The number of benzene rings is 2. The molecule has 0 unspecified atom stereocenters. The summed E-state index contributed by atoms with van der Waals surface area (Å²) in [4.78, 5) is 0. The van der Waals surface area contributed by atoms with E-state index < -0.39 is 7.60 Å². The van der Waals surface area contributed by atoms with E-state index in [2.05, 4.69) is 0 Å². The summed E-state index contributed by atoms with van der Waals surface area (Å²) in [6, 6.07) is 15.7. The Bertz CT molecular complexity index is 728. The first-order chi connectivity index (χ1) is 12.1. The summed E-state index contributed by atoms with van der Waals surface area (Å²) < 4.78 is 28.6. The van der Waals surface area contributed by atoms with Gasteiger partial charge in [-0.05, 0) is 31.0 Å². The molecule has 5 heteroatoms. The van der Waals surface area contributed by atoms with Gasteiger partial charge in [-0.2, -0.15) is 0 Å². The third-order valence-corrected chi connectivity index (χ3v) is 5.66. The predicted octanol–water partition coefficient (Wildman–Crippen LogP) is 5.63. The van der Waals surface area contributed by atoms with Crippen molar-refractivity contribution in [1.29, 1.82) is 0 Å². The smallest absolute Gasteiger partial charge is 0.335 e. The lowest BCUT2D eigenvalue weighted by atomic mass is 10.1. The zero-order valence-corrected chi connectivity index (χ0v) is 15.9. The standard InChI is InChI=1S/C20H25O4P/c1-4-23-25(21,24-5-2)16-18-12-10-17(11-13-18)14-15-19-8-6-7-9-20(19)22-3/h6-15H,4-5,16H2,1-3H3/b15-14+. The van der Waals surface area contributed by atoms with Gasteiger partial charge in [0.05, 0.1) is 26.5 Å². The number of ether oxygens (including phenoxy) is 1. The molecule has 4 nitrogen and oxygen atoms in total. The van der Waals surface area contributed by atoms with E-state index in [0.717, 1.165) is 22.4 Å². The lowest BCUT2D eigenvalue weighted by Gasteiger charge is -2.16. The molecule has 0 spiro atoms. The topological polar surface area (TPSA) is 44.8 Å². The summed E-state index contributed by atoms with van der Waals surface area (Å²) in [5.74, 6) is 0.838. The van der Waals surface area contributed by atoms with Crippen LogP contribution in [0.1, 0.15) is 30.5 Å². The van der Waals surface area contributed by atoms with Gasteiger partial charge in [0.15, 0.2) is 0 Å². The van der Waals surface area contributed by atoms with Crippen LogP contribution in [0.2, 0.25) is 0 Å². The van der Waals surface area contributed by atoms with Crippen molar-refractivity contribution in [3.63, 3.8) is 0 Å². The molecule has 134 valence electrons. The molecule has 2 aromatic rings. The summed E-state index contributed by atoms with van der Waals surface area (Å²) in [6.45, 7) is 4.38. The van der Waals surface area contributed by atoms with Crippen molar-refractivity contribution in [1.82, 2.24) is 0 Å². The van der Waals surface area contributed by atoms with Crippen molar-refractivity contribution in [2.45, 2.75) is 20.0 Å². The van der Waals surface area contributed by atoms with Gasteiger partial charge >= 0.3 is 7.60 Å². The molecular weight excluding hydrogens is 335 g/mol. The molecule has 0 aliphatic heterocycles. The average molecular weight is 360 g/mol. The lowest BCUT2D eigenvalue weighted by molar-refractivity contribution is 0.219. The van der Waals surface area contributed by atoms with Gasteiger partial charge in [-0.25, -0.2) is 0 Å². The first kappa shape index (κ1) is 19.5. The third kappa shape index (κ3) is 5.86. The van der Waals surface area contributed by atoms with Crippen molar-refractivity contribution in [3.8, 4) is 5.75 Å². The van der Waals surface area contributed by atoms with E-state index in [1.54, 1.807) is 7.11 Å². The van der Waals surface area contributed by atoms with Crippen LogP contribution in [0.5, 0.6) is 5.75 Å². The van der Waals surface area contributed by atoms with Gasteiger partial charge in [-0.1, -0.05) is 54.6 Å². The Morgan fingerprint density at radius 2 is 1.56 bits per heavy atom. The zero-order chi connectivity index (χ0) is 18.1. The van der Waals surface area contributed by atoms with E-state index in [-0.39, 0.29) is 6.16 Å². The molecule has 0 saturated heterocycles. The molecule has 0 bridgehead atoms. The summed E-state index contributed by atoms with van der Waals surface area (Å²) in [7, 11) is -1.40. The van der Waals surface area contributed by atoms with Crippen molar-refractivity contribution in [3.05, 3.63) is 65.2 Å². The maximum absolute atomic E-state index is 12.6. The molecule has 0 aliphatic rings. The normalized spacial score (nSPS) is 11.8. The molecule has 0 aromatic heterocycles. The van der Waals surface area contributed by atoms with Gasteiger partial charge < -0.3 is 13.8 Å². The fraction of sp³-hybridized carbons (Fsp3) is 0.300. The van der Waals surface area contributed by atoms with Gasteiger partial charge in [0, 0.05) is 5.56 Å². The van der Waals surface area contributed by atoms with E-state index in [1.807, 2.05) is 74.5 Å². The minimum atomic E-state index is -3.06. The molecule has 0 heterocycles. The summed E-state index contributed by atoms with van der Waals surface area (Å²) in [5.41, 5.74) is 3.00. The molecule has 0 aliphatic carbocycles. The lowest BCUT2D eigenvalue weighted by Crippen LogP contribution is -1.99. The second kappa shape index (κ2) is 9.57. The Morgan fingerprint density at radius 3 is 2.16 bits per heavy atom. The van der Waals surface area contributed by atoms with Gasteiger partial charge in [0.2, 0.25) is 0 Å². The van der Waals surface area contributed by atoms with E-state index in [0.29, 0.717) is 13.2 Å². The van der Waals surface area contributed by atoms with Crippen molar-refractivity contribution in [2.24, 2.45) is 0 Å². The Kier molecular flexibility index (Phi) is 7.45. The van der Waals surface area contributed by atoms with Crippen LogP contribution in [0.25, 0.3) is 12.2 Å². The minimum Gasteiger partial charge on any atom is -0.496 e. The van der Waals surface area contributed by atoms with E-state index >= 15 is 0 Å². The summed E-state index contributed by atoms with van der Waals surface area (Å²) in [5, 5.41) is 0. The van der Waals surface area contributed by atoms with Gasteiger partial charge in [-0.3, -0.25) is 4.57 Å². The predicted molar refractivity (Wildman–Crippen MR) is 103 cm³/mol. The van der Waals surface area contributed by atoms with Crippen molar-refractivity contribution < 1.29 is 18.3 Å². The van der Waals surface area contributed by atoms with Gasteiger partial charge in [0.1, 0.15) is 5.75 Å². The molecule has 0 radical (unpaired) electrons. The van der Waals surface area contributed by atoms with Crippen LogP contribution in [0.4, 0.5) is 0 Å². The van der Waals surface area contributed by atoms with Crippen LogP contribution in [0.15, 0.2) is 48.5 Å². The highest BCUT2D eigenvalue weighted by molar-refractivity contribution is 7.53. The largest absolute Gasteiger partial charge is 0.496 e. The Labute approximate surface area is 150 Å². The maximum atomic E-state index is 12.6. The minimum absolute atomic E-state index is 0.283. The molecule has 0 fully saturated rings. The van der Waals surface area contributed by atoms with Crippen LogP contribution in [-0.2, 0) is 19.8 Å². The molecule has 0 atom stereocenters. The maximum Gasteiger partial charge on any atom is 0.335 e. The highest BCUT2D eigenvalue weighted by Crippen LogP contribution is 2.51. The third-order valence-electron chi connectivity index (χ3n) is 3.60. The number of para-hydroxylation sites is 1. The Hall–Kier alpha value is -1.87.